The van der Waals surface area contributed by atoms with E-state index in [4.69, 9.17) is 5.73 Å². The van der Waals surface area contributed by atoms with Crippen LogP contribution in [0.3, 0.4) is 0 Å². The van der Waals surface area contributed by atoms with Crippen LogP contribution in [0.15, 0.2) is 41.8 Å². The Morgan fingerprint density at radius 3 is 2.74 bits per heavy atom. The van der Waals surface area contributed by atoms with Gasteiger partial charge >= 0.3 is 0 Å². The molecule has 1 aromatic heterocycles. The Morgan fingerprint density at radius 1 is 1.26 bits per heavy atom. The van der Waals surface area contributed by atoms with Gasteiger partial charge in [-0.15, -0.1) is 11.3 Å². The molecule has 0 amide bonds. The van der Waals surface area contributed by atoms with Crippen molar-refractivity contribution in [1.29, 1.82) is 0 Å². The molecule has 2 heterocycles. The fraction of sp³-hybridized carbons (Fsp3) is 0.267. The van der Waals surface area contributed by atoms with E-state index in [9.17, 15) is 0 Å². The van der Waals surface area contributed by atoms with Crippen molar-refractivity contribution in [1.82, 2.24) is 9.88 Å². The monoisotopic (exact) mass is 271 g/mol. The molecule has 0 spiro atoms. The molecule has 0 atom stereocenters. The molecule has 2 aromatic rings. The van der Waals surface area contributed by atoms with Crippen molar-refractivity contribution in [2.45, 2.75) is 13.0 Å². The average Bonchev–Trinajstić information content (AvgIpc) is 2.87. The molecule has 0 bridgehead atoms. The first-order valence-electron chi connectivity index (χ1n) is 6.48. The molecule has 2 N–H and O–H groups in total. The summed E-state index contributed by atoms with van der Waals surface area (Å²) in [5, 5.41) is 2.70. The van der Waals surface area contributed by atoms with Crippen molar-refractivity contribution >= 4 is 22.0 Å². The Morgan fingerprint density at radius 2 is 2.11 bits per heavy atom. The lowest BCUT2D eigenvalue weighted by atomic mass is 10.1. The van der Waals surface area contributed by atoms with Crippen LogP contribution in [0.1, 0.15) is 17.7 Å². The van der Waals surface area contributed by atoms with Crippen LogP contribution in [-0.4, -0.2) is 23.0 Å². The standard InChI is InChI=1S/C15H17N3S/c16-15-17-14(11-19-15)13-6-8-18(9-7-13)10-12-4-2-1-3-5-12/h1-6,11H,7-10H2,(H2,16,17). The molecular formula is C15H17N3S. The van der Waals surface area contributed by atoms with E-state index in [2.05, 4.69) is 46.3 Å². The maximum Gasteiger partial charge on any atom is 0.180 e. The molecule has 1 aromatic carbocycles. The lowest BCUT2D eigenvalue weighted by Crippen LogP contribution is -2.28. The molecule has 0 aliphatic carbocycles. The summed E-state index contributed by atoms with van der Waals surface area (Å²) in [6, 6.07) is 10.6. The Labute approximate surface area is 117 Å². The summed E-state index contributed by atoms with van der Waals surface area (Å²) in [5.41, 5.74) is 9.45. The number of nitrogens with zero attached hydrogens (tertiary/aromatic N) is 2. The molecule has 0 radical (unpaired) electrons. The van der Waals surface area contributed by atoms with E-state index >= 15 is 0 Å². The number of nitrogens with two attached hydrogens (primary N) is 1. The quantitative estimate of drug-likeness (QED) is 0.933. The van der Waals surface area contributed by atoms with Crippen molar-refractivity contribution in [3.8, 4) is 0 Å². The molecule has 1 aliphatic rings. The second-order valence-corrected chi connectivity index (χ2v) is 5.66. The summed E-state index contributed by atoms with van der Waals surface area (Å²) in [7, 11) is 0. The summed E-state index contributed by atoms with van der Waals surface area (Å²) in [6.45, 7) is 3.09. The van der Waals surface area contributed by atoms with Gasteiger partial charge in [-0.1, -0.05) is 36.4 Å². The number of nitrogen functional groups attached to an aromatic ring is 1. The van der Waals surface area contributed by atoms with Gasteiger partial charge in [-0.3, -0.25) is 4.90 Å². The van der Waals surface area contributed by atoms with Crippen LogP contribution in [-0.2, 0) is 6.54 Å². The first kappa shape index (κ1) is 12.4. The number of hydrogen-bond acceptors (Lipinski definition) is 4. The number of aromatic nitrogens is 1. The SMILES string of the molecule is Nc1nc(C2=CCN(Cc3ccccc3)CC2)cs1. The largest absolute Gasteiger partial charge is 0.375 e. The predicted molar refractivity (Wildman–Crippen MR) is 80.8 cm³/mol. The van der Waals surface area contributed by atoms with Gasteiger partial charge in [0.05, 0.1) is 5.69 Å². The molecular weight excluding hydrogens is 254 g/mol. The minimum absolute atomic E-state index is 0.655. The van der Waals surface area contributed by atoms with Crippen molar-refractivity contribution in [2.24, 2.45) is 0 Å². The van der Waals surface area contributed by atoms with Crippen LogP contribution in [0.4, 0.5) is 5.13 Å². The molecule has 0 unspecified atom stereocenters. The number of hydrogen-bond donors (Lipinski definition) is 1. The molecule has 3 rings (SSSR count). The number of thiazole rings is 1. The molecule has 0 saturated carbocycles. The second-order valence-electron chi connectivity index (χ2n) is 4.77. The van der Waals surface area contributed by atoms with Crippen LogP contribution in [0.2, 0.25) is 0 Å². The van der Waals surface area contributed by atoms with Gasteiger partial charge in [-0.05, 0) is 17.6 Å². The van der Waals surface area contributed by atoms with Gasteiger partial charge in [0.25, 0.3) is 0 Å². The third-order valence-electron chi connectivity index (χ3n) is 3.39. The molecule has 0 saturated heterocycles. The summed E-state index contributed by atoms with van der Waals surface area (Å²) < 4.78 is 0. The van der Waals surface area contributed by atoms with E-state index in [1.54, 1.807) is 0 Å². The fourth-order valence-electron chi connectivity index (χ4n) is 2.36. The third kappa shape index (κ3) is 3.03. The van der Waals surface area contributed by atoms with Crippen LogP contribution in [0, 0.1) is 0 Å². The third-order valence-corrected chi connectivity index (χ3v) is 4.07. The first-order chi connectivity index (χ1) is 9.31. The highest BCUT2D eigenvalue weighted by atomic mass is 32.1. The zero-order valence-corrected chi connectivity index (χ0v) is 11.6. The molecule has 98 valence electrons. The number of anilines is 1. The predicted octanol–water partition coefficient (Wildman–Crippen LogP) is 3.01. The average molecular weight is 271 g/mol. The summed E-state index contributed by atoms with van der Waals surface area (Å²) >= 11 is 1.51. The van der Waals surface area contributed by atoms with Crippen molar-refractivity contribution in [2.75, 3.05) is 18.8 Å². The fourth-order valence-corrected chi connectivity index (χ4v) is 2.95. The van der Waals surface area contributed by atoms with Gasteiger partial charge in [0.2, 0.25) is 0 Å². The molecule has 3 nitrogen and oxygen atoms in total. The van der Waals surface area contributed by atoms with Gasteiger partial charge in [-0.25, -0.2) is 4.98 Å². The summed E-state index contributed by atoms with van der Waals surface area (Å²) in [4.78, 5) is 6.81. The van der Waals surface area contributed by atoms with Crippen molar-refractivity contribution in [3.05, 3.63) is 53.0 Å². The van der Waals surface area contributed by atoms with Gasteiger partial charge in [0.15, 0.2) is 5.13 Å². The topological polar surface area (TPSA) is 42.1 Å². The highest BCUT2D eigenvalue weighted by molar-refractivity contribution is 7.13. The molecule has 19 heavy (non-hydrogen) atoms. The molecule has 4 heteroatoms. The van der Waals surface area contributed by atoms with E-state index in [1.807, 2.05) is 5.38 Å². The maximum atomic E-state index is 5.68. The van der Waals surface area contributed by atoms with E-state index in [1.165, 1.54) is 22.5 Å². The maximum absolute atomic E-state index is 5.68. The number of benzene rings is 1. The molecule has 1 aliphatic heterocycles. The van der Waals surface area contributed by atoms with Gasteiger partial charge in [0.1, 0.15) is 0 Å². The Bertz CT molecular complexity index is 574. The Hall–Kier alpha value is -1.65. The zero-order chi connectivity index (χ0) is 13.1. The van der Waals surface area contributed by atoms with Crippen LogP contribution in [0.25, 0.3) is 5.57 Å². The number of rotatable bonds is 3. The van der Waals surface area contributed by atoms with E-state index in [0.29, 0.717) is 5.13 Å². The van der Waals surface area contributed by atoms with Gasteiger partial charge in [0, 0.05) is 25.0 Å². The van der Waals surface area contributed by atoms with Crippen molar-refractivity contribution < 1.29 is 0 Å². The van der Waals surface area contributed by atoms with Crippen LogP contribution >= 0.6 is 11.3 Å². The van der Waals surface area contributed by atoms with Crippen molar-refractivity contribution in [3.63, 3.8) is 0 Å². The van der Waals surface area contributed by atoms with Crippen LogP contribution in [0.5, 0.6) is 0 Å². The highest BCUT2D eigenvalue weighted by Crippen LogP contribution is 2.25. The van der Waals surface area contributed by atoms with E-state index in [0.717, 1.165) is 31.7 Å². The Balaban J connectivity index is 1.64. The summed E-state index contributed by atoms with van der Waals surface area (Å²) in [6.07, 6.45) is 3.33. The highest BCUT2D eigenvalue weighted by Gasteiger charge is 2.14. The second kappa shape index (κ2) is 5.55. The first-order valence-corrected chi connectivity index (χ1v) is 7.36. The zero-order valence-electron chi connectivity index (χ0n) is 10.7. The van der Waals surface area contributed by atoms with Gasteiger partial charge < -0.3 is 5.73 Å². The lowest BCUT2D eigenvalue weighted by molar-refractivity contribution is 0.294. The summed E-state index contributed by atoms with van der Waals surface area (Å²) in [5.74, 6) is 0. The lowest BCUT2D eigenvalue weighted by Gasteiger charge is -2.25. The minimum atomic E-state index is 0.655. The van der Waals surface area contributed by atoms with E-state index in [-0.39, 0.29) is 0 Å². The minimum Gasteiger partial charge on any atom is -0.375 e. The Kier molecular flexibility index (Phi) is 3.62. The van der Waals surface area contributed by atoms with Gasteiger partial charge in [-0.2, -0.15) is 0 Å². The van der Waals surface area contributed by atoms with E-state index < -0.39 is 0 Å². The smallest absolute Gasteiger partial charge is 0.180 e. The van der Waals surface area contributed by atoms with Crippen LogP contribution < -0.4 is 5.73 Å². The molecule has 0 fully saturated rings. The normalized spacial score (nSPS) is 16.3.